The maximum atomic E-state index is 12.4. The Morgan fingerprint density at radius 2 is 1.86 bits per heavy atom. The molecular formula is C15H17F3N4. The van der Waals surface area contributed by atoms with Gasteiger partial charge in [-0.25, -0.2) is 0 Å². The predicted molar refractivity (Wildman–Crippen MR) is 79.6 cm³/mol. The van der Waals surface area contributed by atoms with Crippen LogP contribution in [0.25, 0.3) is 0 Å². The predicted octanol–water partition coefficient (Wildman–Crippen LogP) is 3.93. The average Bonchev–Trinajstić information content (AvgIpc) is 2.44. The number of rotatable bonds is 5. The van der Waals surface area contributed by atoms with Crippen LogP contribution >= 0.6 is 0 Å². The second kappa shape index (κ2) is 6.64. The molecule has 1 aromatic heterocycles. The van der Waals surface area contributed by atoms with Crippen molar-refractivity contribution in [3.8, 4) is 0 Å². The van der Waals surface area contributed by atoms with Crippen LogP contribution in [-0.2, 0) is 12.7 Å². The second-order valence-corrected chi connectivity index (χ2v) is 5.15. The van der Waals surface area contributed by atoms with Gasteiger partial charge in [0.25, 0.3) is 0 Å². The molecule has 0 unspecified atom stereocenters. The lowest BCUT2D eigenvalue weighted by Crippen LogP contribution is -2.11. The van der Waals surface area contributed by atoms with Gasteiger partial charge in [-0.3, -0.25) is 0 Å². The summed E-state index contributed by atoms with van der Waals surface area (Å²) in [5.74, 6) is 0.301. The van der Waals surface area contributed by atoms with Gasteiger partial charge in [-0.05, 0) is 43.7 Å². The maximum Gasteiger partial charge on any atom is 0.435 e. The zero-order chi connectivity index (χ0) is 16.2. The van der Waals surface area contributed by atoms with E-state index in [-0.39, 0.29) is 0 Å². The van der Waals surface area contributed by atoms with E-state index in [1.54, 1.807) is 0 Å². The lowest BCUT2D eigenvalue weighted by atomic mass is 10.2. The smallest absolute Gasteiger partial charge is 0.383 e. The number of nitrogens with one attached hydrogen (secondary N) is 2. The van der Waals surface area contributed by atoms with Crippen molar-refractivity contribution in [2.75, 3.05) is 10.6 Å². The highest BCUT2D eigenvalue weighted by atomic mass is 19.4. The van der Waals surface area contributed by atoms with Gasteiger partial charge >= 0.3 is 6.18 Å². The number of nitrogens with zero attached hydrogens (tertiary/aromatic N) is 2. The summed E-state index contributed by atoms with van der Waals surface area (Å²) in [5.41, 5.74) is 0.987. The highest BCUT2D eigenvalue weighted by molar-refractivity contribution is 5.47. The molecule has 22 heavy (non-hydrogen) atoms. The summed E-state index contributed by atoms with van der Waals surface area (Å²) >= 11 is 0. The molecule has 0 bridgehead atoms. The van der Waals surface area contributed by atoms with Crippen LogP contribution in [0.3, 0.4) is 0 Å². The third kappa shape index (κ3) is 4.61. The molecule has 0 atom stereocenters. The number of hydrogen-bond donors (Lipinski definition) is 2. The van der Waals surface area contributed by atoms with Crippen LogP contribution in [0.15, 0.2) is 36.4 Å². The first-order chi connectivity index (χ1) is 10.3. The van der Waals surface area contributed by atoms with Crippen molar-refractivity contribution in [1.29, 1.82) is 0 Å². The number of hydrogen-bond acceptors (Lipinski definition) is 4. The van der Waals surface area contributed by atoms with Crippen LogP contribution in [-0.4, -0.2) is 16.2 Å². The Balaban J connectivity index is 1.98. The van der Waals surface area contributed by atoms with Crippen molar-refractivity contribution in [3.05, 3.63) is 47.7 Å². The van der Waals surface area contributed by atoms with Gasteiger partial charge in [-0.2, -0.15) is 13.2 Å². The third-order valence-corrected chi connectivity index (χ3v) is 2.81. The summed E-state index contributed by atoms with van der Waals surface area (Å²) in [5, 5.41) is 12.9. The van der Waals surface area contributed by atoms with Gasteiger partial charge in [-0.1, -0.05) is 12.1 Å². The van der Waals surface area contributed by atoms with Crippen molar-refractivity contribution < 1.29 is 13.2 Å². The molecule has 2 aromatic rings. The van der Waals surface area contributed by atoms with Crippen molar-refractivity contribution in [1.82, 2.24) is 10.2 Å². The summed E-state index contributed by atoms with van der Waals surface area (Å²) < 4.78 is 37.2. The van der Waals surface area contributed by atoms with Gasteiger partial charge in [0, 0.05) is 18.3 Å². The summed E-state index contributed by atoms with van der Waals surface area (Å²) in [6.45, 7) is 4.54. The van der Waals surface area contributed by atoms with Crippen LogP contribution in [0.5, 0.6) is 0 Å². The molecule has 0 spiro atoms. The van der Waals surface area contributed by atoms with Crippen LogP contribution < -0.4 is 10.6 Å². The highest BCUT2D eigenvalue weighted by Gasteiger charge is 2.32. The minimum Gasteiger partial charge on any atom is -0.383 e. The Morgan fingerprint density at radius 1 is 1.09 bits per heavy atom. The number of halogens is 3. The molecule has 1 aromatic carbocycles. The highest BCUT2D eigenvalue weighted by Crippen LogP contribution is 2.27. The molecule has 0 radical (unpaired) electrons. The summed E-state index contributed by atoms with van der Waals surface area (Å²) in [6.07, 6.45) is -4.47. The monoisotopic (exact) mass is 310 g/mol. The van der Waals surface area contributed by atoms with Gasteiger partial charge in [0.15, 0.2) is 5.69 Å². The Bertz CT molecular complexity index is 609. The molecule has 1 heterocycles. The molecule has 0 aliphatic carbocycles. The van der Waals surface area contributed by atoms with Crippen molar-refractivity contribution in [2.45, 2.75) is 32.6 Å². The van der Waals surface area contributed by atoms with Crippen LogP contribution in [0.2, 0.25) is 0 Å². The minimum atomic E-state index is -4.47. The average molecular weight is 310 g/mol. The van der Waals surface area contributed by atoms with E-state index in [0.29, 0.717) is 18.4 Å². The largest absolute Gasteiger partial charge is 0.435 e. The SMILES string of the molecule is CC(C)Nc1cccc(CNc2ccc(C(F)(F)F)nn2)c1. The number of benzene rings is 1. The van der Waals surface area contributed by atoms with Gasteiger partial charge in [0.1, 0.15) is 5.82 Å². The van der Waals surface area contributed by atoms with E-state index in [4.69, 9.17) is 0 Å². The molecule has 2 N–H and O–H groups in total. The standard InChI is InChI=1S/C15H17F3N4/c1-10(2)20-12-5-3-4-11(8-12)9-19-14-7-6-13(21-22-14)15(16,17)18/h3-8,10,20H,9H2,1-2H3,(H,19,22). The summed E-state index contributed by atoms with van der Waals surface area (Å²) in [4.78, 5) is 0. The number of anilines is 2. The molecule has 0 saturated carbocycles. The van der Waals surface area contributed by atoms with Gasteiger partial charge in [0.05, 0.1) is 0 Å². The van der Waals surface area contributed by atoms with Crippen molar-refractivity contribution >= 4 is 11.5 Å². The number of alkyl halides is 3. The fraction of sp³-hybridized carbons (Fsp3) is 0.333. The van der Waals surface area contributed by atoms with Crippen LogP contribution in [0, 0.1) is 0 Å². The molecule has 0 aliphatic rings. The number of aromatic nitrogens is 2. The first kappa shape index (κ1) is 16.1. The summed E-state index contributed by atoms with van der Waals surface area (Å²) in [6, 6.07) is 10.3. The molecule has 0 saturated heterocycles. The van der Waals surface area contributed by atoms with Crippen LogP contribution in [0.1, 0.15) is 25.1 Å². The molecule has 118 valence electrons. The van der Waals surface area contributed by atoms with E-state index in [1.807, 2.05) is 38.1 Å². The Labute approximate surface area is 126 Å². The molecule has 4 nitrogen and oxygen atoms in total. The quantitative estimate of drug-likeness (QED) is 0.878. The first-order valence-electron chi connectivity index (χ1n) is 6.85. The van der Waals surface area contributed by atoms with Gasteiger partial charge in [0.2, 0.25) is 0 Å². The lowest BCUT2D eigenvalue weighted by molar-refractivity contribution is -0.141. The van der Waals surface area contributed by atoms with Gasteiger partial charge in [-0.15, -0.1) is 10.2 Å². The summed E-state index contributed by atoms with van der Waals surface area (Å²) in [7, 11) is 0. The van der Waals surface area contributed by atoms with Crippen molar-refractivity contribution in [2.24, 2.45) is 0 Å². The van der Waals surface area contributed by atoms with E-state index in [0.717, 1.165) is 17.3 Å². The third-order valence-electron chi connectivity index (χ3n) is 2.81. The van der Waals surface area contributed by atoms with E-state index in [2.05, 4.69) is 20.8 Å². The van der Waals surface area contributed by atoms with Gasteiger partial charge < -0.3 is 10.6 Å². The molecule has 0 amide bonds. The second-order valence-electron chi connectivity index (χ2n) is 5.15. The molecule has 0 aliphatic heterocycles. The fourth-order valence-corrected chi connectivity index (χ4v) is 1.87. The molecular weight excluding hydrogens is 293 g/mol. The Morgan fingerprint density at radius 3 is 2.45 bits per heavy atom. The minimum absolute atomic E-state index is 0.301. The van der Waals surface area contributed by atoms with E-state index >= 15 is 0 Å². The molecule has 0 fully saturated rings. The zero-order valence-electron chi connectivity index (χ0n) is 12.3. The van der Waals surface area contributed by atoms with E-state index in [9.17, 15) is 13.2 Å². The Kier molecular flexibility index (Phi) is 4.85. The topological polar surface area (TPSA) is 49.8 Å². The zero-order valence-corrected chi connectivity index (χ0v) is 12.3. The van der Waals surface area contributed by atoms with Crippen molar-refractivity contribution in [3.63, 3.8) is 0 Å². The molecule has 2 rings (SSSR count). The Hall–Kier alpha value is -2.31. The van der Waals surface area contributed by atoms with Crippen LogP contribution in [0.4, 0.5) is 24.7 Å². The normalized spacial score (nSPS) is 11.5. The first-order valence-corrected chi connectivity index (χ1v) is 6.85. The maximum absolute atomic E-state index is 12.4. The fourth-order valence-electron chi connectivity index (χ4n) is 1.87. The lowest BCUT2D eigenvalue weighted by Gasteiger charge is -2.12. The molecule has 7 heteroatoms. The van der Waals surface area contributed by atoms with E-state index < -0.39 is 11.9 Å². The van der Waals surface area contributed by atoms with E-state index in [1.165, 1.54) is 6.07 Å².